The summed E-state index contributed by atoms with van der Waals surface area (Å²) in [5.74, 6) is -0.610. The second kappa shape index (κ2) is 7.94. The maximum atomic E-state index is 14.4. The van der Waals surface area contributed by atoms with Gasteiger partial charge >= 0.3 is 0 Å². The molecule has 2 nitrogen and oxygen atoms in total. The van der Waals surface area contributed by atoms with Crippen LogP contribution in [0, 0.1) is 11.6 Å². The Balaban J connectivity index is 1.50. The van der Waals surface area contributed by atoms with Crippen LogP contribution in [0.5, 0.6) is 0 Å². The average Bonchev–Trinajstić information content (AvgIpc) is 3.54. The fourth-order valence-electron chi connectivity index (χ4n) is 4.50. The van der Waals surface area contributed by atoms with Gasteiger partial charge in [-0.2, -0.15) is 0 Å². The van der Waals surface area contributed by atoms with Gasteiger partial charge in [0.1, 0.15) is 11.6 Å². The van der Waals surface area contributed by atoms with Crippen molar-refractivity contribution in [2.45, 2.75) is 50.5 Å². The van der Waals surface area contributed by atoms with Crippen molar-refractivity contribution in [1.29, 1.82) is 0 Å². The zero-order valence-electron chi connectivity index (χ0n) is 16.7. The molecule has 2 fully saturated rings. The first-order valence-electron chi connectivity index (χ1n) is 10.3. The van der Waals surface area contributed by atoms with Gasteiger partial charge in [-0.25, -0.2) is 8.78 Å². The first-order valence-corrected chi connectivity index (χ1v) is 10.3. The molecule has 154 valence electrons. The number of rotatable bonds is 6. The minimum Gasteiger partial charge on any atom is -0.299 e. The first kappa shape index (κ1) is 20.1. The van der Waals surface area contributed by atoms with Crippen LogP contribution in [-0.4, -0.2) is 30.4 Å². The lowest BCUT2D eigenvalue weighted by Crippen LogP contribution is -2.43. The molecule has 0 N–H and O–H groups in total. The summed E-state index contributed by atoms with van der Waals surface area (Å²) in [7, 11) is 0. The molecule has 0 unspecified atom stereocenters. The van der Waals surface area contributed by atoms with Gasteiger partial charge in [-0.15, -0.1) is 0 Å². The monoisotopic (exact) mass is 401 g/mol. The average molecular weight is 401 g/mol. The number of piperidine rings is 1. The quantitative estimate of drug-likeness (QED) is 0.592. The van der Waals surface area contributed by atoms with Crippen molar-refractivity contribution in [3.05, 3.63) is 70.3 Å². The lowest BCUT2D eigenvalue weighted by atomic mass is 9.74. The standard InChI is InChI=1S/C24H26F3NO/c1-16(29)21-13-22(17-2-3-17)18(12-23(21)27)14-28-10-8-24(15-25,9-11-28)19-4-6-20(26)7-5-19/h4-7,12-13,17H,2-3,8-11,14-15H2,1H3. The SMILES string of the molecule is CC(=O)c1cc(C2CC2)c(CN2CCC(CF)(c3ccc(F)cc3)CC2)cc1F. The molecule has 1 saturated carbocycles. The molecular formula is C24H26F3NO. The van der Waals surface area contributed by atoms with E-state index >= 15 is 0 Å². The molecule has 1 aliphatic carbocycles. The minimum atomic E-state index is -0.576. The van der Waals surface area contributed by atoms with Crippen LogP contribution in [0.15, 0.2) is 36.4 Å². The predicted octanol–water partition coefficient (Wildman–Crippen LogP) is 5.55. The van der Waals surface area contributed by atoms with Crippen LogP contribution in [0.1, 0.15) is 65.6 Å². The molecule has 1 saturated heterocycles. The minimum absolute atomic E-state index is 0.169. The van der Waals surface area contributed by atoms with Crippen LogP contribution in [-0.2, 0) is 12.0 Å². The highest BCUT2D eigenvalue weighted by molar-refractivity contribution is 5.94. The smallest absolute Gasteiger partial charge is 0.162 e. The number of ketones is 1. The highest BCUT2D eigenvalue weighted by Gasteiger charge is 2.37. The third kappa shape index (κ3) is 4.11. The molecule has 2 aliphatic rings. The second-order valence-corrected chi connectivity index (χ2v) is 8.56. The molecular weight excluding hydrogens is 375 g/mol. The van der Waals surface area contributed by atoms with Crippen molar-refractivity contribution < 1.29 is 18.0 Å². The number of carbonyl (C=O) groups is 1. The normalized spacial score (nSPS) is 19.3. The van der Waals surface area contributed by atoms with E-state index in [1.54, 1.807) is 18.2 Å². The molecule has 29 heavy (non-hydrogen) atoms. The fourth-order valence-corrected chi connectivity index (χ4v) is 4.50. The maximum Gasteiger partial charge on any atom is 0.162 e. The van der Waals surface area contributed by atoms with E-state index in [0.717, 1.165) is 29.5 Å². The van der Waals surface area contributed by atoms with Gasteiger partial charge in [0.25, 0.3) is 0 Å². The Morgan fingerprint density at radius 3 is 2.31 bits per heavy atom. The van der Waals surface area contributed by atoms with Crippen molar-refractivity contribution in [1.82, 2.24) is 4.90 Å². The van der Waals surface area contributed by atoms with Gasteiger partial charge in [-0.05, 0) is 92.6 Å². The molecule has 1 aliphatic heterocycles. The first-order chi connectivity index (χ1) is 13.9. The number of Topliss-reactive ketones (excluding diaryl/α,β-unsaturated/α-hetero) is 1. The van der Waals surface area contributed by atoms with E-state index in [0.29, 0.717) is 38.4 Å². The zero-order valence-corrected chi connectivity index (χ0v) is 16.7. The van der Waals surface area contributed by atoms with Crippen LogP contribution < -0.4 is 0 Å². The van der Waals surface area contributed by atoms with Gasteiger partial charge in [0.05, 0.1) is 12.2 Å². The summed E-state index contributed by atoms with van der Waals surface area (Å²) in [6, 6.07) is 9.40. The highest BCUT2D eigenvalue weighted by Crippen LogP contribution is 2.43. The Hall–Kier alpha value is -2.14. The largest absolute Gasteiger partial charge is 0.299 e. The van der Waals surface area contributed by atoms with Gasteiger partial charge < -0.3 is 0 Å². The molecule has 0 radical (unpaired) electrons. The van der Waals surface area contributed by atoms with Crippen molar-refractivity contribution >= 4 is 5.78 Å². The van der Waals surface area contributed by atoms with Crippen molar-refractivity contribution in [3.8, 4) is 0 Å². The van der Waals surface area contributed by atoms with Crippen molar-refractivity contribution in [2.24, 2.45) is 0 Å². The van der Waals surface area contributed by atoms with E-state index in [1.165, 1.54) is 25.1 Å². The number of carbonyl (C=O) groups excluding carboxylic acids is 1. The Labute approximate surface area is 169 Å². The molecule has 0 spiro atoms. The summed E-state index contributed by atoms with van der Waals surface area (Å²) in [4.78, 5) is 13.9. The number of likely N-dealkylation sites (tertiary alicyclic amines) is 1. The van der Waals surface area contributed by atoms with E-state index in [1.807, 2.05) is 0 Å². The van der Waals surface area contributed by atoms with Crippen LogP contribution in [0.2, 0.25) is 0 Å². The highest BCUT2D eigenvalue weighted by atomic mass is 19.1. The Morgan fingerprint density at radius 1 is 1.10 bits per heavy atom. The van der Waals surface area contributed by atoms with Crippen molar-refractivity contribution in [3.63, 3.8) is 0 Å². The van der Waals surface area contributed by atoms with Crippen LogP contribution in [0.25, 0.3) is 0 Å². The molecule has 1 heterocycles. The van der Waals surface area contributed by atoms with E-state index in [4.69, 9.17) is 0 Å². The van der Waals surface area contributed by atoms with E-state index in [-0.39, 0.29) is 17.2 Å². The number of hydrogen-bond acceptors (Lipinski definition) is 2. The third-order valence-electron chi connectivity index (χ3n) is 6.54. The van der Waals surface area contributed by atoms with Crippen LogP contribution >= 0.6 is 0 Å². The number of hydrogen-bond donors (Lipinski definition) is 0. The van der Waals surface area contributed by atoms with Gasteiger partial charge in [-0.1, -0.05) is 12.1 Å². The van der Waals surface area contributed by atoms with E-state index in [2.05, 4.69) is 4.90 Å². The Bertz CT molecular complexity index is 897. The molecule has 0 atom stereocenters. The Kier molecular flexibility index (Phi) is 5.52. The van der Waals surface area contributed by atoms with Crippen LogP contribution in [0.4, 0.5) is 13.2 Å². The van der Waals surface area contributed by atoms with Gasteiger partial charge in [0, 0.05) is 12.0 Å². The Morgan fingerprint density at radius 2 is 1.76 bits per heavy atom. The molecule has 4 rings (SSSR count). The maximum absolute atomic E-state index is 14.4. The summed E-state index contributed by atoms with van der Waals surface area (Å²) >= 11 is 0. The third-order valence-corrected chi connectivity index (χ3v) is 6.54. The summed E-state index contributed by atoms with van der Waals surface area (Å²) in [5.41, 5.74) is 2.45. The number of benzene rings is 2. The second-order valence-electron chi connectivity index (χ2n) is 8.56. The number of alkyl halides is 1. The molecule has 2 aromatic rings. The molecule has 5 heteroatoms. The lowest BCUT2D eigenvalue weighted by molar-refractivity contribution is 0.101. The van der Waals surface area contributed by atoms with Gasteiger partial charge in [0.2, 0.25) is 0 Å². The summed E-state index contributed by atoms with van der Waals surface area (Å²) in [5, 5.41) is 0. The number of nitrogens with zero attached hydrogens (tertiary/aromatic N) is 1. The molecule has 0 aromatic heterocycles. The molecule has 2 aromatic carbocycles. The topological polar surface area (TPSA) is 20.3 Å². The predicted molar refractivity (Wildman–Crippen MR) is 107 cm³/mol. The summed E-state index contributed by atoms with van der Waals surface area (Å²) in [6.45, 7) is 2.92. The zero-order chi connectivity index (χ0) is 20.6. The number of halogens is 3. The fraction of sp³-hybridized carbons (Fsp3) is 0.458. The van der Waals surface area contributed by atoms with Gasteiger partial charge in [-0.3, -0.25) is 14.1 Å². The van der Waals surface area contributed by atoms with E-state index in [9.17, 15) is 18.0 Å². The summed E-state index contributed by atoms with van der Waals surface area (Å²) < 4.78 is 41.7. The lowest BCUT2D eigenvalue weighted by Gasteiger charge is -2.40. The van der Waals surface area contributed by atoms with Crippen LogP contribution in [0.3, 0.4) is 0 Å². The summed E-state index contributed by atoms with van der Waals surface area (Å²) in [6.07, 6.45) is 3.43. The molecule has 0 amide bonds. The molecule has 0 bridgehead atoms. The van der Waals surface area contributed by atoms with Gasteiger partial charge in [0.15, 0.2) is 5.78 Å². The van der Waals surface area contributed by atoms with E-state index < -0.39 is 17.9 Å². The van der Waals surface area contributed by atoms with Crippen molar-refractivity contribution in [2.75, 3.05) is 19.8 Å².